The van der Waals surface area contributed by atoms with Crippen LogP contribution in [-0.4, -0.2) is 66.4 Å². The third-order valence-corrected chi connectivity index (χ3v) is 6.96. The van der Waals surface area contributed by atoms with Gasteiger partial charge >= 0.3 is 24.1 Å². The first kappa shape index (κ1) is 31.1. The summed E-state index contributed by atoms with van der Waals surface area (Å²) in [5, 5.41) is 18.7. The van der Waals surface area contributed by atoms with Crippen molar-refractivity contribution in [3.05, 3.63) is 76.0 Å². The number of guanidine groups is 1. The molecule has 13 heteroatoms. The SMILES string of the molecule is COC(=O)C1=C(C)[N+](c2cccc(C(F)(F)F)c2)=C(N)N(C(N)=O)C1c1ccc(C#N)cc1CC[NH+](C)CCCO. The number of benzene rings is 2. The summed E-state index contributed by atoms with van der Waals surface area (Å²) in [6.45, 7) is 2.82. The van der Waals surface area contributed by atoms with E-state index in [1.54, 1.807) is 12.1 Å². The lowest BCUT2D eigenvalue weighted by Crippen LogP contribution is -3.09. The minimum absolute atomic E-state index is 0.0462. The molecular weight excluding hydrogens is 541 g/mol. The number of nitrogens with zero attached hydrogens (tertiary/aromatic N) is 3. The van der Waals surface area contributed by atoms with Crippen molar-refractivity contribution in [1.29, 1.82) is 5.26 Å². The number of primary amides is 1. The van der Waals surface area contributed by atoms with Gasteiger partial charge in [-0.15, -0.1) is 0 Å². The highest BCUT2D eigenvalue weighted by molar-refractivity contribution is 5.99. The van der Waals surface area contributed by atoms with Crippen LogP contribution in [0.4, 0.5) is 23.7 Å². The number of nitriles is 1. The maximum absolute atomic E-state index is 13.5. The van der Waals surface area contributed by atoms with E-state index in [1.165, 1.54) is 25.1 Å². The maximum Gasteiger partial charge on any atom is 0.416 e. The lowest BCUT2D eigenvalue weighted by molar-refractivity contribution is -0.879. The zero-order valence-electron chi connectivity index (χ0n) is 23.0. The summed E-state index contributed by atoms with van der Waals surface area (Å²) in [4.78, 5) is 28.2. The Hall–Kier alpha value is -4.41. The van der Waals surface area contributed by atoms with E-state index in [-0.39, 0.29) is 29.5 Å². The van der Waals surface area contributed by atoms with Gasteiger partial charge in [-0.3, -0.25) is 5.73 Å². The van der Waals surface area contributed by atoms with E-state index in [0.717, 1.165) is 33.6 Å². The summed E-state index contributed by atoms with van der Waals surface area (Å²) in [7, 11) is 3.09. The van der Waals surface area contributed by atoms with Gasteiger partial charge in [0.15, 0.2) is 0 Å². The number of aliphatic hydroxyl groups excluding tert-OH is 1. The molecule has 0 aliphatic carbocycles. The van der Waals surface area contributed by atoms with Crippen LogP contribution in [0.25, 0.3) is 0 Å². The monoisotopic (exact) mass is 574 g/mol. The number of carbonyl (C=O) groups excluding carboxylic acids is 2. The van der Waals surface area contributed by atoms with Crippen LogP contribution in [0.3, 0.4) is 0 Å². The van der Waals surface area contributed by atoms with Crippen LogP contribution in [0.1, 0.15) is 41.6 Å². The molecule has 2 amide bonds. The van der Waals surface area contributed by atoms with Gasteiger partial charge in [-0.2, -0.15) is 23.3 Å². The predicted octanol–water partition coefficient (Wildman–Crippen LogP) is 1.56. The van der Waals surface area contributed by atoms with Crippen molar-refractivity contribution in [3.8, 4) is 6.07 Å². The van der Waals surface area contributed by atoms with Gasteiger partial charge in [-0.25, -0.2) is 14.2 Å². The Morgan fingerprint density at radius 1 is 1.22 bits per heavy atom. The smallest absolute Gasteiger partial charge is 0.416 e. The topological polar surface area (TPSA) is 150 Å². The highest BCUT2D eigenvalue weighted by Gasteiger charge is 2.47. The molecule has 2 atom stereocenters. The van der Waals surface area contributed by atoms with Gasteiger partial charge in [0.2, 0.25) is 0 Å². The number of alkyl halides is 3. The molecule has 1 heterocycles. The first-order valence-electron chi connectivity index (χ1n) is 12.8. The zero-order chi connectivity index (χ0) is 30.5. The fourth-order valence-corrected chi connectivity index (χ4v) is 4.92. The number of nitrogens with two attached hydrogens (primary N) is 2. The predicted molar refractivity (Wildman–Crippen MR) is 143 cm³/mol. The molecule has 10 nitrogen and oxygen atoms in total. The molecule has 0 fully saturated rings. The van der Waals surface area contributed by atoms with Crippen LogP contribution < -0.4 is 16.4 Å². The van der Waals surface area contributed by atoms with Gasteiger partial charge in [0.05, 0.1) is 50.1 Å². The highest BCUT2D eigenvalue weighted by Crippen LogP contribution is 2.40. The Kier molecular flexibility index (Phi) is 9.75. The molecule has 0 bridgehead atoms. The number of hydrogen-bond donors (Lipinski definition) is 4. The first-order chi connectivity index (χ1) is 19.3. The Morgan fingerprint density at radius 3 is 2.51 bits per heavy atom. The van der Waals surface area contributed by atoms with Crippen LogP contribution in [0.5, 0.6) is 0 Å². The van der Waals surface area contributed by atoms with Crippen LogP contribution in [0.2, 0.25) is 0 Å². The second-order valence-electron chi connectivity index (χ2n) is 9.65. The number of halogens is 3. The molecule has 0 saturated heterocycles. The fourth-order valence-electron chi connectivity index (χ4n) is 4.92. The van der Waals surface area contributed by atoms with Crippen molar-refractivity contribution in [1.82, 2.24) is 4.90 Å². The van der Waals surface area contributed by atoms with E-state index >= 15 is 0 Å². The number of esters is 1. The first-order valence-corrected chi connectivity index (χ1v) is 12.8. The van der Waals surface area contributed by atoms with Crippen molar-refractivity contribution < 1.29 is 42.1 Å². The van der Waals surface area contributed by atoms with Gasteiger partial charge in [0.25, 0.3) is 0 Å². The Labute approximate surface area is 235 Å². The molecule has 0 radical (unpaired) electrons. The lowest BCUT2D eigenvalue weighted by atomic mass is 9.88. The van der Waals surface area contributed by atoms with Gasteiger partial charge < -0.3 is 20.5 Å². The molecule has 3 rings (SSSR count). The molecule has 0 spiro atoms. The number of allylic oxidation sites excluding steroid dienone is 1. The largest absolute Gasteiger partial charge is 0.465 e. The Bertz CT molecular complexity index is 1430. The molecule has 6 N–H and O–H groups in total. The van der Waals surface area contributed by atoms with Gasteiger partial charge in [0.1, 0.15) is 17.3 Å². The summed E-state index contributed by atoms with van der Waals surface area (Å²) < 4.78 is 46.8. The molecule has 0 saturated carbocycles. The molecule has 2 unspecified atom stereocenters. The normalized spacial score (nSPS) is 16.4. The van der Waals surface area contributed by atoms with Crippen molar-refractivity contribution in [2.75, 3.05) is 33.9 Å². The van der Waals surface area contributed by atoms with Crippen LogP contribution in [0, 0.1) is 11.3 Å². The second kappa shape index (κ2) is 12.8. The maximum atomic E-state index is 13.5. The number of carbonyl (C=O) groups is 2. The summed E-state index contributed by atoms with van der Waals surface area (Å²) in [6, 6.07) is 8.89. The van der Waals surface area contributed by atoms with E-state index in [4.69, 9.17) is 21.3 Å². The summed E-state index contributed by atoms with van der Waals surface area (Å²) in [6.07, 6.45) is -3.63. The number of aliphatic hydroxyl groups is 1. The van der Waals surface area contributed by atoms with E-state index < -0.39 is 29.8 Å². The van der Waals surface area contributed by atoms with Crippen molar-refractivity contribution in [2.45, 2.75) is 32.0 Å². The summed E-state index contributed by atoms with van der Waals surface area (Å²) in [5.74, 6) is -1.16. The summed E-state index contributed by atoms with van der Waals surface area (Å²) in [5.41, 5.74) is 12.7. The number of ether oxygens (including phenoxy) is 1. The van der Waals surface area contributed by atoms with E-state index in [9.17, 15) is 28.0 Å². The third kappa shape index (κ3) is 6.67. The third-order valence-electron chi connectivity index (χ3n) is 6.96. The molecular formula is C28H33F3N6O4+2. The van der Waals surface area contributed by atoms with Crippen molar-refractivity contribution in [3.63, 3.8) is 0 Å². The molecule has 1 aliphatic heterocycles. The number of methoxy groups -OCH3 is 1. The second-order valence-corrected chi connectivity index (χ2v) is 9.65. The number of amides is 2. The molecule has 1 aliphatic rings. The minimum Gasteiger partial charge on any atom is -0.465 e. The highest BCUT2D eigenvalue weighted by atomic mass is 19.4. The molecule has 0 aromatic heterocycles. The number of quaternary nitrogens is 1. The quantitative estimate of drug-likeness (QED) is 0.264. The zero-order valence-corrected chi connectivity index (χ0v) is 23.0. The number of urea groups is 1. The minimum atomic E-state index is -4.65. The molecule has 2 aromatic carbocycles. The van der Waals surface area contributed by atoms with Crippen LogP contribution in [0.15, 0.2) is 53.7 Å². The fraction of sp³-hybridized carbons (Fsp3) is 0.357. The molecule has 218 valence electrons. The van der Waals surface area contributed by atoms with E-state index in [2.05, 4.69) is 6.07 Å². The van der Waals surface area contributed by atoms with Crippen LogP contribution >= 0.6 is 0 Å². The number of nitrogens with one attached hydrogen (secondary N) is 1. The van der Waals surface area contributed by atoms with Gasteiger partial charge in [-0.05, 0) is 48.4 Å². The molecule has 2 aromatic rings. The Balaban J connectivity index is 2.26. The van der Waals surface area contributed by atoms with E-state index in [1.807, 2.05) is 7.05 Å². The average molecular weight is 575 g/mol. The van der Waals surface area contributed by atoms with Gasteiger partial charge in [-0.1, -0.05) is 12.1 Å². The standard InChI is InChI=1S/C28H31F3N6O4/c1-17-23(25(39)41-3)24(22-9-8-18(16-32)14-19(22)10-12-35(2)11-5-13-38)37(27(34)40)26(33)36(17)21-7-4-6-20(15-21)28(29,30)31/h4,6-9,14-15,24,33,38H,5,10-13H2,1-3H3,(H2,34,40)/p+2. The van der Waals surface area contributed by atoms with Crippen molar-refractivity contribution in [2.24, 2.45) is 11.5 Å². The van der Waals surface area contributed by atoms with Crippen LogP contribution in [-0.2, 0) is 22.1 Å². The lowest BCUT2D eigenvalue weighted by Gasteiger charge is -2.33. The van der Waals surface area contributed by atoms with Gasteiger partial charge in [0, 0.05) is 19.4 Å². The van der Waals surface area contributed by atoms with E-state index in [0.29, 0.717) is 42.6 Å². The number of rotatable bonds is 9. The number of likely N-dealkylation sites (N-methyl/N-ethyl adjacent to an activating group) is 1. The Morgan fingerprint density at radius 2 is 1.93 bits per heavy atom. The molecule has 41 heavy (non-hydrogen) atoms. The van der Waals surface area contributed by atoms with Crippen molar-refractivity contribution >= 4 is 23.6 Å². The average Bonchev–Trinajstić information content (AvgIpc) is 2.93. The summed E-state index contributed by atoms with van der Waals surface area (Å²) >= 11 is 0. The number of hydrogen-bond acceptors (Lipinski definition) is 6.